The highest BCUT2D eigenvalue weighted by molar-refractivity contribution is 5.76. The molecule has 21 heavy (non-hydrogen) atoms. The second-order valence-electron chi connectivity index (χ2n) is 6.06. The van der Waals surface area contributed by atoms with E-state index in [2.05, 4.69) is 4.99 Å². The fraction of sp³-hybridized carbons (Fsp3) is 0.312. The Morgan fingerprint density at radius 2 is 2.10 bits per heavy atom. The van der Waals surface area contributed by atoms with Gasteiger partial charge in [0.1, 0.15) is 18.1 Å². The molecule has 4 rings (SSSR count). The van der Waals surface area contributed by atoms with Crippen molar-refractivity contribution in [1.82, 2.24) is 0 Å². The molecule has 0 amide bonds. The molecular weight excluding hydrogens is 266 g/mol. The van der Waals surface area contributed by atoms with E-state index in [1.54, 1.807) is 0 Å². The summed E-state index contributed by atoms with van der Waals surface area (Å²) in [7, 11) is 0. The lowest BCUT2D eigenvalue weighted by molar-refractivity contribution is 0.247. The lowest BCUT2D eigenvalue weighted by atomic mass is 9.73. The van der Waals surface area contributed by atoms with Gasteiger partial charge in [-0.1, -0.05) is 24.3 Å². The molecule has 1 aromatic carbocycles. The molecule has 2 unspecified atom stereocenters. The third-order valence-corrected chi connectivity index (χ3v) is 4.25. The summed E-state index contributed by atoms with van der Waals surface area (Å²) >= 11 is 0. The van der Waals surface area contributed by atoms with Crippen LogP contribution >= 0.6 is 0 Å². The molecule has 1 spiro atoms. The third-order valence-electron chi connectivity index (χ3n) is 4.25. The first-order valence-electron chi connectivity index (χ1n) is 6.97. The quantitative estimate of drug-likeness (QED) is 0.756. The average Bonchev–Trinajstić information content (AvgIpc) is 2.83. The first-order valence-corrected chi connectivity index (χ1v) is 6.97. The number of benzene rings is 1. The first-order chi connectivity index (χ1) is 10.0. The highest BCUT2D eigenvalue weighted by atomic mass is 16.5. The van der Waals surface area contributed by atoms with Crippen LogP contribution < -0.4 is 16.2 Å². The largest absolute Gasteiger partial charge is 0.462 e. The molecular formula is C16H17N3O2. The van der Waals surface area contributed by atoms with Crippen molar-refractivity contribution in [2.24, 2.45) is 16.5 Å². The van der Waals surface area contributed by atoms with E-state index >= 15 is 0 Å². The normalized spacial score (nSPS) is 33.1. The monoisotopic (exact) mass is 283 g/mol. The Kier molecular flexibility index (Phi) is 2.31. The number of amidine groups is 1. The number of ether oxygens (including phenoxy) is 2. The molecule has 5 nitrogen and oxygen atoms in total. The maximum Gasteiger partial charge on any atom is 0.283 e. The summed E-state index contributed by atoms with van der Waals surface area (Å²) in [4.78, 5) is 4.62. The number of allylic oxidation sites excluding steroid dienone is 1. The van der Waals surface area contributed by atoms with Gasteiger partial charge in [0, 0.05) is 16.7 Å². The smallest absolute Gasteiger partial charge is 0.283 e. The molecule has 5 heteroatoms. The van der Waals surface area contributed by atoms with Crippen LogP contribution in [-0.4, -0.2) is 18.2 Å². The zero-order valence-corrected chi connectivity index (χ0v) is 11.8. The van der Waals surface area contributed by atoms with Gasteiger partial charge in [0.15, 0.2) is 5.54 Å². The summed E-state index contributed by atoms with van der Waals surface area (Å²) in [5.74, 6) is 1.60. The molecule has 0 aromatic heterocycles. The van der Waals surface area contributed by atoms with Gasteiger partial charge in [0.25, 0.3) is 6.02 Å². The number of rotatable bonds is 0. The average molecular weight is 283 g/mol. The van der Waals surface area contributed by atoms with Crippen molar-refractivity contribution in [3.05, 3.63) is 53.3 Å². The second-order valence-corrected chi connectivity index (χ2v) is 6.06. The minimum absolute atomic E-state index is 0.215. The molecule has 1 aliphatic carbocycles. The van der Waals surface area contributed by atoms with Crippen LogP contribution in [0, 0.1) is 0 Å². The second kappa shape index (κ2) is 3.89. The molecule has 2 aliphatic heterocycles. The number of hydrogen-bond donors (Lipinski definition) is 2. The van der Waals surface area contributed by atoms with Crippen molar-refractivity contribution >= 4 is 6.02 Å². The predicted molar refractivity (Wildman–Crippen MR) is 79.7 cm³/mol. The molecule has 0 fully saturated rings. The Morgan fingerprint density at radius 3 is 2.86 bits per heavy atom. The van der Waals surface area contributed by atoms with Gasteiger partial charge in [0.2, 0.25) is 0 Å². The zero-order valence-electron chi connectivity index (χ0n) is 11.8. The summed E-state index contributed by atoms with van der Waals surface area (Å²) in [6.07, 6.45) is 4.56. The van der Waals surface area contributed by atoms with Gasteiger partial charge < -0.3 is 20.9 Å². The van der Waals surface area contributed by atoms with E-state index in [-0.39, 0.29) is 6.02 Å². The molecule has 3 aliphatic rings. The number of nitrogens with two attached hydrogens (primary N) is 2. The molecule has 0 saturated heterocycles. The number of hydrogen-bond acceptors (Lipinski definition) is 5. The van der Waals surface area contributed by atoms with Crippen LogP contribution in [0.2, 0.25) is 0 Å². The summed E-state index contributed by atoms with van der Waals surface area (Å²) in [5, 5.41) is 0. The van der Waals surface area contributed by atoms with Crippen molar-refractivity contribution in [3.63, 3.8) is 0 Å². The Hall–Kier alpha value is -2.27. The van der Waals surface area contributed by atoms with Crippen LogP contribution in [0.3, 0.4) is 0 Å². The third kappa shape index (κ3) is 1.70. The Morgan fingerprint density at radius 1 is 1.29 bits per heavy atom. The predicted octanol–water partition coefficient (Wildman–Crippen LogP) is 1.55. The minimum atomic E-state index is -0.611. The fourth-order valence-corrected chi connectivity index (χ4v) is 3.24. The molecule has 0 saturated carbocycles. The maximum atomic E-state index is 6.29. The van der Waals surface area contributed by atoms with Crippen LogP contribution in [0.15, 0.2) is 52.7 Å². The van der Waals surface area contributed by atoms with Crippen molar-refractivity contribution in [3.8, 4) is 5.75 Å². The van der Waals surface area contributed by atoms with Gasteiger partial charge in [-0.05, 0) is 25.5 Å². The maximum absolute atomic E-state index is 6.29. The Balaban J connectivity index is 1.96. The molecule has 0 radical (unpaired) electrons. The highest BCUT2D eigenvalue weighted by Crippen LogP contribution is 2.50. The SMILES string of the molecule is CC1(N)C=CC2=C(C1)C1(COC(N)=N1)c1ccccc1O2. The van der Waals surface area contributed by atoms with Gasteiger partial charge in [-0.15, -0.1) is 0 Å². The zero-order chi connectivity index (χ0) is 14.7. The minimum Gasteiger partial charge on any atom is -0.462 e. The first kappa shape index (κ1) is 12.5. The Labute approximate surface area is 122 Å². The van der Waals surface area contributed by atoms with Crippen molar-refractivity contribution in [1.29, 1.82) is 0 Å². The van der Waals surface area contributed by atoms with Crippen molar-refractivity contribution in [2.45, 2.75) is 24.4 Å². The van der Waals surface area contributed by atoms with E-state index in [0.29, 0.717) is 13.0 Å². The lowest BCUT2D eigenvalue weighted by Crippen LogP contribution is -2.43. The van der Waals surface area contributed by atoms with Crippen molar-refractivity contribution < 1.29 is 9.47 Å². The van der Waals surface area contributed by atoms with E-state index in [0.717, 1.165) is 22.6 Å². The standard InChI is InChI=1S/C16H17N3O2/c1-15(18)7-6-13-11(8-15)16(9-20-14(17)19-16)10-4-2-3-5-12(10)21-13/h2-7H,8-9,18H2,1H3,(H2,17,19). The van der Waals surface area contributed by atoms with E-state index in [1.807, 2.05) is 43.3 Å². The van der Waals surface area contributed by atoms with E-state index < -0.39 is 11.1 Å². The number of fused-ring (bicyclic) bond motifs is 3. The van der Waals surface area contributed by atoms with E-state index in [1.165, 1.54) is 0 Å². The Bertz CT molecular complexity index is 718. The summed E-state index contributed by atoms with van der Waals surface area (Å²) in [6, 6.07) is 8.08. The van der Waals surface area contributed by atoms with Gasteiger partial charge >= 0.3 is 0 Å². The molecule has 2 heterocycles. The highest BCUT2D eigenvalue weighted by Gasteiger charge is 2.49. The molecule has 4 N–H and O–H groups in total. The van der Waals surface area contributed by atoms with Gasteiger partial charge in [-0.25, -0.2) is 4.99 Å². The summed E-state index contributed by atoms with van der Waals surface area (Å²) < 4.78 is 11.5. The number of para-hydroxylation sites is 1. The van der Waals surface area contributed by atoms with E-state index in [4.69, 9.17) is 20.9 Å². The van der Waals surface area contributed by atoms with Crippen molar-refractivity contribution in [2.75, 3.05) is 6.61 Å². The van der Waals surface area contributed by atoms with E-state index in [9.17, 15) is 0 Å². The lowest BCUT2D eigenvalue weighted by Gasteiger charge is -2.39. The fourth-order valence-electron chi connectivity index (χ4n) is 3.24. The molecule has 1 aromatic rings. The molecule has 108 valence electrons. The molecule has 2 atom stereocenters. The van der Waals surface area contributed by atoms with Crippen LogP contribution in [0.1, 0.15) is 18.9 Å². The van der Waals surface area contributed by atoms with Crippen LogP contribution in [0.25, 0.3) is 0 Å². The van der Waals surface area contributed by atoms with Gasteiger partial charge in [0.05, 0.1) is 0 Å². The van der Waals surface area contributed by atoms with Crippen LogP contribution in [-0.2, 0) is 10.3 Å². The van der Waals surface area contributed by atoms with Crippen LogP contribution in [0.5, 0.6) is 5.75 Å². The summed E-state index contributed by atoms with van der Waals surface area (Å²) in [5.41, 5.74) is 13.1. The topological polar surface area (TPSA) is 82.9 Å². The molecule has 0 bridgehead atoms. The number of aliphatic imine (C=N–C) groups is 1. The number of nitrogens with zero attached hydrogens (tertiary/aromatic N) is 1. The van der Waals surface area contributed by atoms with Gasteiger partial charge in [-0.3, -0.25) is 0 Å². The van der Waals surface area contributed by atoms with Gasteiger partial charge in [-0.2, -0.15) is 0 Å². The summed E-state index contributed by atoms with van der Waals surface area (Å²) in [6.45, 7) is 2.38. The van der Waals surface area contributed by atoms with Crippen LogP contribution in [0.4, 0.5) is 0 Å².